The summed E-state index contributed by atoms with van der Waals surface area (Å²) in [6.45, 7) is 2.86. The molecule has 1 saturated heterocycles. The summed E-state index contributed by atoms with van der Waals surface area (Å²) >= 11 is 0. The van der Waals surface area contributed by atoms with E-state index in [4.69, 9.17) is 5.14 Å². The number of nitrogens with two attached hydrogens (primary N) is 1. The first-order valence-corrected chi connectivity index (χ1v) is 14.3. The van der Waals surface area contributed by atoms with Crippen LogP contribution in [0, 0.1) is 0 Å². The number of nitrogens with zero attached hydrogens (tertiary/aromatic N) is 2. The van der Waals surface area contributed by atoms with Crippen molar-refractivity contribution in [2.24, 2.45) is 5.14 Å². The molecule has 1 fully saturated rings. The molecule has 1 heterocycles. The van der Waals surface area contributed by atoms with Gasteiger partial charge >= 0.3 is 0 Å². The molecule has 0 amide bonds. The molecule has 0 aromatic heterocycles. The molecular formula is C32H29N3O2S. The molecule has 0 aliphatic carbocycles. The van der Waals surface area contributed by atoms with Crippen LogP contribution in [-0.4, -0.2) is 34.6 Å². The van der Waals surface area contributed by atoms with Crippen LogP contribution in [0.25, 0.3) is 33.0 Å². The third kappa shape index (κ3) is 4.53. The lowest BCUT2D eigenvalue weighted by Gasteiger charge is -2.39. The Kier molecular flexibility index (Phi) is 6.35. The number of primary sulfonamides is 1. The number of piperazine rings is 1. The van der Waals surface area contributed by atoms with Crippen molar-refractivity contribution in [2.75, 3.05) is 36.0 Å². The van der Waals surface area contributed by atoms with Crippen LogP contribution in [0.15, 0.2) is 120 Å². The third-order valence-electron chi connectivity index (χ3n) is 7.27. The van der Waals surface area contributed by atoms with E-state index < -0.39 is 10.0 Å². The zero-order valence-corrected chi connectivity index (χ0v) is 21.8. The van der Waals surface area contributed by atoms with Gasteiger partial charge in [-0.25, -0.2) is 13.6 Å². The third-order valence-corrected chi connectivity index (χ3v) is 8.25. The zero-order valence-electron chi connectivity index (χ0n) is 21.0. The maximum atomic E-state index is 13.1. The molecule has 0 saturated carbocycles. The van der Waals surface area contributed by atoms with Crippen LogP contribution < -0.4 is 14.9 Å². The monoisotopic (exact) mass is 519 g/mol. The van der Waals surface area contributed by atoms with E-state index in [0.717, 1.165) is 29.6 Å². The highest BCUT2D eigenvalue weighted by Crippen LogP contribution is 2.42. The minimum Gasteiger partial charge on any atom is -0.367 e. The van der Waals surface area contributed by atoms with Gasteiger partial charge in [0.15, 0.2) is 0 Å². The van der Waals surface area contributed by atoms with Crippen molar-refractivity contribution in [2.45, 2.75) is 4.90 Å². The largest absolute Gasteiger partial charge is 0.367 e. The molecule has 0 unspecified atom stereocenters. The van der Waals surface area contributed by atoms with Crippen molar-refractivity contribution < 1.29 is 8.42 Å². The molecule has 2 N–H and O–H groups in total. The molecule has 6 rings (SSSR count). The fourth-order valence-corrected chi connectivity index (χ4v) is 6.53. The predicted octanol–water partition coefficient (Wildman–Crippen LogP) is 6.15. The molecule has 6 heteroatoms. The van der Waals surface area contributed by atoms with Crippen LogP contribution in [0.3, 0.4) is 0 Å². The maximum absolute atomic E-state index is 13.1. The Morgan fingerprint density at radius 1 is 0.579 bits per heavy atom. The summed E-state index contributed by atoms with van der Waals surface area (Å²) in [5, 5.41) is 7.43. The number of benzene rings is 5. The Balaban J connectivity index is 1.43. The highest BCUT2D eigenvalue weighted by Gasteiger charge is 2.29. The lowest BCUT2D eigenvalue weighted by molar-refractivity contribution is 0.596. The quantitative estimate of drug-likeness (QED) is 0.303. The number of anilines is 2. The van der Waals surface area contributed by atoms with Crippen molar-refractivity contribution >= 4 is 32.2 Å². The highest BCUT2D eigenvalue weighted by molar-refractivity contribution is 7.89. The standard InChI is InChI=1S/C32H29N3O2S/c33-38(36,37)32-28-17-8-7-15-26(28)23-29(25-13-5-2-6-14-25)31(32)35-21-19-34(20-22-35)30-18-10-9-16-27(30)24-11-3-1-4-12-24/h1-18,23H,19-22H2,(H2,33,36,37). The summed E-state index contributed by atoms with van der Waals surface area (Å²) < 4.78 is 26.2. The maximum Gasteiger partial charge on any atom is 0.240 e. The van der Waals surface area contributed by atoms with Crippen LogP contribution >= 0.6 is 0 Å². The molecule has 1 aliphatic rings. The Morgan fingerprint density at radius 3 is 1.76 bits per heavy atom. The minimum absolute atomic E-state index is 0.201. The van der Waals surface area contributed by atoms with E-state index in [0.29, 0.717) is 24.2 Å². The van der Waals surface area contributed by atoms with Gasteiger partial charge < -0.3 is 9.80 Å². The summed E-state index contributed by atoms with van der Waals surface area (Å²) in [4.78, 5) is 4.78. The van der Waals surface area contributed by atoms with Gasteiger partial charge in [-0.2, -0.15) is 0 Å². The van der Waals surface area contributed by atoms with Crippen LogP contribution in [0.5, 0.6) is 0 Å². The molecule has 0 radical (unpaired) electrons. The Morgan fingerprint density at radius 2 is 1.11 bits per heavy atom. The first kappa shape index (κ1) is 24.2. The van der Waals surface area contributed by atoms with Crippen molar-refractivity contribution in [3.05, 3.63) is 115 Å². The van der Waals surface area contributed by atoms with Crippen LogP contribution in [0.2, 0.25) is 0 Å². The molecule has 0 spiro atoms. The van der Waals surface area contributed by atoms with E-state index in [1.165, 1.54) is 16.8 Å². The highest BCUT2D eigenvalue weighted by atomic mass is 32.2. The summed E-state index contributed by atoms with van der Waals surface area (Å²) in [5.74, 6) is 0. The topological polar surface area (TPSA) is 66.6 Å². The minimum atomic E-state index is -4.00. The van der Waals surface area contributed by atoms with E-state index in [1.807, 2.05) is 60.7 Å². The van der Waals surface area contributed by atoms with Crippen molar-refractivity contribution in [3.63, 3.8) is 0 Å². The normalized spacial score (nSPS) is 14.1. The van der Waals surface area contributed by atoms with Gasteiger partial charge in [-0.05, 0) is 28.6 Å². The van der Waals surface area contributed by atoms with Gasteiger partial charge in [-0.1, -0.05) is 103 Å². The van der Waals surface area contributed by atoms with Gasteiger partial charge in [0.2, 0.25) is 10.0 Å². The first-order valence-electron chi connectivity index (χ1n) is 12.8. The summed E-state index contributed by atoms with van der Waals surface area (Å²) in [6.07, 6.45) is 0. The molecule has 1 aliphatic heterocycles. The van der Waals surface area contributed by atoms with Crippen molar-refractivity contribution in [1.29, 1.82) is 0 Å². The van der Waals surface area contributed by atoms with Crippen LogP contribution in [0.4, 0.5) is 11.4 Å². The van der Waals surface area contributed by atoms with Crippen molar-refractivity contribution in [3.8, 4) is 22.3 Å². The Labute approximate surface area is 223 Å². The molecule has 0 atom stereocenters. The summed E-state index contributed by atoms with van der Waals surface area (Å²) in [7, 11) is -4.00. The van der Waals surface area contributed by atoms with Gasteiger partial charge in [0.25, 0.3) is 0 Å². The number of para-hydroxylation sites is 1. The molecule has 0 bridgehead atoms. The predicted molar refractivity (Wildman–Crippen MR) is 157 cm³/mol. The lowest BCUT2D eigenvalue weighted by Crippen LogP contribution is -2.47. The molecule has 190 valence electrons. The second kappa shape index (κ2) is 9.97. The molecule has 5 aromatic carbocycles. The number of fused-ring (bicyclic) bond motifs is 1. The van der Waals surface area contributed by atoms with E-state index in [1.54, 1.807) is 0 Å². The summed E-state index contributed by atoms with van der Waals surface area (Å²) in [6, 6.07) is 38.5. The zero-order chi connectivity index (χ0) is 26.1. The Bertz CT molecular complexity index is 1700. The fraction of sp³-hybridized carbons (Fsp3) is 0.125. The molecular weight excluding hydrogens is 490 g/mol. The Hall–Kier alpha value is -4.13. The van der Waals surface area contributed by atoms with Gasteiger partial charge in [0.1, 0.15) is 4.90 Å². The SMILES string of the molecule is NS(=O)(=O)c1c(N2CCN(c3ccccc3-c3ccccc3)CC2)c(-c2ccccc2)cc2ccccc12. The van der Waals surface area contributed by atoms with Crippen LogP contribution in [-0.2, 0) is 10.0 Å². The van der Waals surface area contributed by atoms with E-state index >= 15 is 0 Å². The van der Waals surface area contributed by atoms with Crippen LogP contribution in [0.1, 0.15) is 0 Å². The fourth-order valence-electron chi connectivity index (χ4n) is 5.53. The van der Waals surface area contributed by atoms with Crippen molar-refractivity contribution in [1.82, 2.24) is 0 Å². The average molecular weight is 520 g/mol. The van der Waals surface area contributed by atoms with Gasteiger partial charge in [-0.3, -0.25) is 0 Å². The summed E-state index contributed by atoms with van der Waals surface area (Å²) in [5.41, 5.74) is 6.10. The number of sulfonamides is 1. The van der Waals surface area contributed by atoms with Gasteiger partial charge in [0, 0.05) is 48.4 Å². The van der Waals surface area contributed by atoms with E-state index in [2.05, 4.69) is 64.4 Å². The van der Waals surface area contributed by atoms with E-state index in [9.17, 15) is 8.42 Å². The average Bonchev–Trinajstić information content (AvgIpc) is 2.96. The molecule has 38 heavy (non-hydrogen) atoms. The number of hydrogen-bond donors (Lipinski definition) is 1. The number of rotatable bonds is 5. The lowest BCUT2D eigenvalue weighted by atomic mass is 9.97. The number of hydrogen-bond acceptors (Lipinski definition) is 4. The molecule has 5 aromatic rings. The van der Waals surface area contributed by atoms with Gasteiger partial charge in [0.05, 0.1) is 5.69 Å². The smallest absolute Gasteiger partial charge is 0.240 e. The van der Waals surface area contributed by atoms with Gasteiger partial charge in [-0.15, -0.1) is 0 Å². The van der Waals surface area contributed by atoms with E-state index in [-0.39, 0.29) is 4.90 Å². The second-order valence-electron chi connectivity index (χ2n) is 9.59. The second-order valence-corrected chi connectivity index (χ2v) is 11.1. The molecule has 5 nitrogen and oxygen atoms in total. The first-order chi connectivity index (χ1) is 18.5.